The lowest BCUT2D eigenvalue weighted by molar-refractivity contribution is 0.565. The van der Waals surface area contributed by atoms with Crippen molar-refractivity contribution in [2.75, 3.05) is 7.05 Å². The molecule has 0 aliphatic rings. The molecular weight excluding hydrogens is 236 g/mol. The predicted molar refractivity (Wildman–Crippen MR) is 79.0 cm³/mol. The highest BCUT2D eigenvalue weighted by molar-refractivity contribution is 5.49. The van der Waals surface area contributed by atoms with Crippen molar-refractivity contribution in [3.8, 4) is 0 Å². The molecule has 0 aliphatic heterocycles. The van der Waals surface area contributed by atoms with Crippen molar-refractivity contribution in [1.82, 2.24) is 5.32 Å². The van der Waals surface area contributed by atoms with Gasteiger partial charge in [0.25, 0.3) is 0 Å². The Morgan fingerprint density at radius 1 is 1.37 bits per heavy atom. The van der Waals surface area contributed by atoms with Crippen molar-refractivity contribution in [2.24, 2.45) is 4.99 Å². The van der Waals surface area contributed by atoms with E-state index in [1.165, 1.54) is 11.6 Å². The Labute approximate surface area is 114 Å². The Hall–Kier alpha value is -2.38. The Morgan fingerprint density at radius 2 is 2.11 bits per heavy atom. The van der Waals surface area contributed by atoms with Gasteiger partial charge in [0.1, 0.15) is 0 Å². The number of aliphatic imine (C=N–C) groups is 1. The van der Waals surface area contributed by atoms with Crippen molar-refractivity contribution in [3.05, 3.63) is 65.9 Å². The zero-order valence-corrected chi connectivity index (χ0v) is 11.3. The van der Waals surface area contributed by atoms with Crippen LogP contribution in [0.2, 0.25) is 0 Å². The van der Waals surface area contributed by atoms with E-state index in [1.54, 1.807) is 0 Å². The molecule has 0 fully saturated rings. The van der Waals surface area contributed by atoms with Gasteiger partial charge >= 0.3 is 0 Å². The van der Waals surface area contributed by atoms with Crippen molar-refractivity contribution in [2.45, 2.75) is 13.3 Å². The van der Waals surface area contributed by atoms with Crippen LogP contribution in [0.25, 0.3) is 0 Å². The summed E-state index contributed by atoms with van der Waals surface area (Å²) in [6, 6.07) is 7.52. The van der Waals surface area contributed by atoms with Crippen LogP contribution in [0.3, 0.4) is 0 Å². The van der Waals surface area contributed by atoms with E-state index in [4.69, 9.17) is 0 Å². The quantitative estimate of drug-likeness (QED) is 0.480. The fraction of sp³-hybridized carbons (Fsp3) is 0.188. The third-order valence-corrected chi connectivity index (χ3v) is 2.51. The number of hydrogen-bond acceptors (Lipinski definition) is 3. The fourth-order valence-electron chi connectivity index (χ4n) is 1.54. The Morgan fingerprint density at radius 3 is 2.68 bits per heavy atom. The normalized spacial score (nSPS) is 11.8. The average molecular weight is 254 g/mol. The van der Waals surface area contributed by atoms with Crippen molar-refractivity contribution >= 4 is 11.8 Å². The third kappa shape index (κ3) is 5.66. The molecule has 0 aromatic heterocycles. The minimum atomic E-state index is 0.633. The van der Waals surface area contributed by atoms with Gasteiger partial charge in [-0.25, -0.2) is 4.79 Å². The number of nitrogens with one attached hydrogen (secondary N) is 1. The van der Waals surface area contributed by atoms with Crippen LogP contribution in [0.15, 0.2) is 65.3 Å². The predicted octanol–water partition coefficient (Wildman–Crippen LogP) is 3.43. The summed E-state index contributed by atoms with van der Waals surface area (Å²) in [4.78, 5) is 13.6. The summed E-state index contributed by atoms with van der Waals surface area (Å²) in [7, 11) is 1.89. The van der Waals surface area contributed by atoms with Gasteiger partial charge in [-0.1, -0.05) is 30.4 Å². The van der Waals surface area contributed by atoms with Crippen LogP contribution in [-0.2, 0) is 11.2 Å². The zero-order valence-electron chi connectivity index (χ0n) is 11.3. The van der Waals surface area contributed by atoms with Gasteiger partial charge in [-0.2, -0.15) is 4.99 Å². The monoisotopic (exact) mass is 254 g/mol. The second-order valence-electron chi connectivity index (χ2n) is 3.87. The lowest BCUT2D eigenvalue weighted by Crippen LogP contribution is -2.01. The van der Waals surface area contributed by atoms with Gasteiger partial charge in [0.2, 0.25) is 6.08 Å². The maximum absolute atomic E-state index is 10.1. The van der Waals surface area contributed by atoms with Crippen LogP contribution in [0.1, 0.15) is 12.5 Å². The van der Waals surface area contributed by atoms with E-state index < -0.39 is 0 Å². The summed E-state index contributed by atoms with van der Waals surface area (Å²) in [6.45, 7) is 1.98. The first-order valence-electron chi connectivity index (χ1n) is 6.14. The highest BCUT2D eigenvalue weighted by Gasteiger charge is 1.91. The molecular formula is C16H18N2O. The topological polar surface area (TPSA) is 41.5 Å². The molecule has 0 radical (unpaired) electrons. The van der Waals surface area contributed by atoms with Crippen LogP contribution in [-0.4, -0.2) is 13.1 Å². The van der Waals surface area contributed by atoms with Crippen molar-refractivity contribution in [1.29, 1.82) is 0 Å². The van der Waals surface area contributed by atoms with Crippen molar-refractivity contribution in [3.63, 3.8) is 0 Å². The molecule has 1 N–H and O–H groups in total. The number of rotatable bonds is 6. The minimum Gasteiger partial charge on any atom is -0.388 e. The maximum atomic E-state index is 10.1. The molecule has 0 bridgehead atoms. The van der Waals surface area contributed by atoms with Gasteiger partial charge in [0, 0.05) is 12.7 Å². The third-order valence-electron chi connectivity index (χ3n) is 2.51. The SMILES string of the molecule is C\C=C/C(=C\C=C\Cc1ccc(N=C=O)cc1)NC. The van der Waals surface area contributed by atoms with Gasteiger partial charge in [-0.3, -0.25) is 0 Å². The standard InChI is InChI=1S/C16H18N2O/c1-3-6-15(17-2)8-5-4-7-14-9-11-16(12-10-14)18-13-19/h3-6,8-12,17H,7H2,1-2H3/b5-4+,6-3-,15-8+. The number of carbonyl (C=O) groups excluding carboxylic acids is 1. The first-order chi connectivity index (χ1) is 9.30. The van der Waals surface area contributed by atoms with E-state index in [0.717, 1.165) is 12.1 Å². The molecule has 0 aliphatic carbocycles. The molecule has 98 valence electrons. The molecule has 0 saturated heterocycles. The van der Waals surface area contributed by atoms with Gasteiger partial charge < -0.3 is 5.32 Å². The largest absolute Gasteiger partial charge is 0.388 e. The van der Waals surface area contributed by atoms with Crippen LogP contribution < -0.4 is 5.32 Å². The van der Waals surface area contributed by atoms with Gasteiger partial charge in [0.05, 0.1) is 5.69 Å². The van der Waals surface area contributed by atoms with Crippen LogP contribution in [0.4, 0.5) is 5.69 Å². The number of hydrogen-bond donors (Lipinski definition) is 1. The van der Waals surface area contributed by atoms with E-state index >= 15 is 0 Å². The molecule has 1 aromatic carbocycles. The van der Waals surface area contributed by atoms with Gasteiger partial charge in [-0.05, 0) is 43.2 Å². The maximum Gasteiger partial charge on any atom is 0.240 e. The summed E-state index contributed by atoms with van der Waals surface area (Å²) < 4.78 is 0. The molecule has 0 amide bonds. The molecule has 1 rings (SSSR count). The second kappa shape index (κ2) is 8.67. The van der Waals surface area contributed by atoms with E-state index in [9.17, 15) is 4.79 Å². The van der Waals surface area contributed by atoms with E-state index in [1.807, 2.05) is 62.5 Å². The fourth-order valence-corrected chi connectivity index (χ4v) is 1.54. The highest BCUT2D eigenvalue weighted by Crippen LogP contribution is 2.12. The van der Waals surface area contributed by atoms with E-state index in [0.29, 0.717) is 5.69 Å². The molecule has 0 spiro atoms. The molecule has 0 heterocycles. The molecule has 19 heavy (non-hydrogen) atoms. The molecule has 3 nitrogen and oxygen atoms in total. The van der Waals surface area contributed by atoms with Gasteiger partial charge in [0.15, 0.2) is 0 Å². The van der Waals surface area contributed by atoms with Crippen LogP contribution in [0, 0.1) is 0 Å². The molecule has 0 unspecified atom stereocenters. The lowest BCUT2D eigenvalue weighted by Gasteiger charge is -1.98. The van der Waals surface area contributed by atoms with Crippen molar-refractivity contribution < 1.29 is 4.79 Å². The van der Waals surface area contributed by atoms with Gasteiger partial charge in [-0.15, -0.1) is 0 Å². The number of allylic oxidation sites excluding steroid dienone is 5. The smallest absolute Gasteiger partial charge is 0.240 e. The number of isocyanates is 1. The lowest BCUT2D eigenvalue weighted by atomic mass is 10.1. The number of nitrogens with zero attached hydrogens (tertiary/aromatic N) is 1. The Bertz CT molecular complexity index is 518. The highest BCUT2D eigenvalue weighted by atomic mass is 16.1. The first-order valence-corrected chi connectivity index (χ1v) is 6.14. The molecule has 0 saturated carbocycles. The first kappa shape index (κ1) is 14.7. The summed E-state index contributed by atoms with van der Waals surface area (Å²) in [5.74, 6) is 0. The van der Waals surface area contributed by atoms with E-state index in [2.05, 4.69) is 16.4 Å². The molecule has 0 atom stereocenters. The average Bonchev–Trinajstić information content (AvgIpc) is 2.44. The summed E-state index contributed by atoms with van der Waals surface area (Å²) in [6.07, 6.45) is 12.5. The molecule has 1 aromatic rings. The minimum absolute atomic E-state index is 0.633. The Kier molecular flexibility index (Phi) is 6.70. The molecule has 3 heteroatoms. The van der Waals surface area contributed by atoms with Crippen LogP contribution in [0.5, 0.6) is 0 Å². The number of benzene rings is 1. The Balaban J connectivity index is 2.58. The summed E-state index contributed by atoms with van der Waals surface area (Å²) >= 11 is 0. The van der Waals surface area contributed by atoms with E-state index in [-0.39, 0.29) is 0 Å². The van der Waals surface area contributed by atoms with Crippen LogP contribution >= 0.6 is 0 Å². The summed E-state index contributed by atoms with van der Waals surface area (Å²) in [5, 5.41) is 3.10. The second-order valence-corrected chi connectivity index (χ2v) is 3.87. The zero-order chi connectivity index (χ0) is 13.9. The summed E-state index contributed by atoms with van der Waals surface area (Å²) in [5.41, 5.74) is 2.87. The number of likely N-dealkylation sites (N-methyl/N-ethyl adjacent to an activating group) is 1.